The quantitative estimate of drug-likeness (QED) is 0.798. The number of fused-ring (bicyclic) bond motifs is 1. The maximum atomic E-state index is 12.2. The van der Waals surface area contributed by atoms with Crippen LogP contribution in [0.3, 0.4) is 0 Å². The van der Waals surface area contributed by atoms with Gasteiger partial charge in [0.2, 0.25) is 0 Å². The Morgan fingerprint density at radius 2 is 2.06 bits per heavy atom. The van der Waals surface area contributed by atoms with Gasteiger partial charge in [0, 0.05) is 23.5 Å². The summed E-state index contributed by atoms with van der Waals surface area (Å²) in [5.41, 5.74) is 0. The van der Waals surface area contributed by atoms with Gasteiger partial charge in [-0.2, -0.15) is 24.9 Å². The molecule has 7 heteroatoms. The van der Waals surface area contributed by atoms with Crippen molar-refractivity contribution in [3.8, 4) is 0 Å². The number of nitrogens with one attached hydrogen (secondary N) is 1. The van der Waals surface area contributed by atoms with E-state index in [-0.39, 0.29) is 11.0 Å². The molecule has 0 aromatic heterocycles. The van der Waals surface area contributed by atoms with Gasteiger partial charge < -0.3 is 5.32 Å². The number of ketones is 1. The fourth-order valence-corrected chi connectivity index (χ4v) is 4.21. The minimum Gasteiger partial charge on any atom is -0.344 e. The Labute approximate surface area is 107 Å². The smallest absolute Gasteiger partial charge is 0.344 e. The number of carbonyl (C=O) groups is 2. The zero-order chi connectivity index (χ0) is 13.3. The average Bonchev–Trinajstić information content (AvgIpc) is 2.56. The molecule has 1 aliphatic carbocycles. The lowest BCUT2D eigenvalue weighted by atomic mass is 9.91. The highest BCUT2D eigenvalue weighted by Gasteiger charge is 2.46. The third kappa shape index (κ3) is 2.81. The zero-order valence-electron chi connectivity index (χ0n) is 9.63. The second-order valence-electron chi connectivity index (χ2n) is 4.69. The largest absolute Gasteiger partial charge is 0.471 e. The third-order valence-electron chi connectivity index (χ3n) is 3.43. The lowest BCUT2D eigenvalue weighted by Crippen LogP contribution is -2.48. The molecule has 0 aromatic rings. The van der Waals surface area contributed by atoms with E-state index < -0.39 is 24.0 Å². The zero-order valence-corrected chi connectivity index (χ0v) is 10.4. The van der Waals surface area contributed by atoms with Crippen molar-refractivity contribution in [2.45, 2.75) is 43.2 Å². The van der Waals surface area contributed by atoms with Crippen LogP contribution < -0.4 is 5.32 Å². The topological polar surface area (TPSA) is 46.2 Å². The molecule has 102 valence electrons. The van der Waals surface area contributed by atoms with Gasteiger partial charge in [-0.05, 0) is 12.8 Å². The van der Waals surface area contributed by atoms with Crippen LogP contribution in [-0.4, -0.2) is 34.9 Å². The first-order chi connectivity index (χ1) is 8.39. The van der Waals surface area contributed by atoms with Gasteiger partial charge in [0.1, 0.15) is 5.78 Å². The first kappa shape index (κ1) is 13.7. The molecule has 3 atom stereocenters. The Hall–Kier alpha value is -0.720. The Morgan fingerprint density at radius 3 is 2.72 bits per heavy atom. The minimum atomic E-state index is -4.88. The van der Waals surface area contributed by atoms with Crippen molar-refractivity contribution in [3.05, 3.63) is 0 Å². The molecule has 18 heavy (non-hydrogen) atoms. The summed E-state index contributed by atoms with van der Waals surface area (Å²) >= 11 is 1.50. The molecular formula is C11H14F3NO2S. The highest BCUT2D eigenvalue weighted by molar-refractivity contribution is 8.00. The average molecular weight is 281 g/mol. The summed E-state index contributed by atoms with van der Waals surface area (Å²) in [6.45, 7) is 0. The summed E-state index contributed by atoms with van der Waals surface area (Å²) in [7, 11) is 0. The maximum absolute atomic E-state index is 12.2. The molecule has 1 aliphatic heterocycles. The summed E-state index contributed by atoms with van der Waals surface area (Å²) in [4.78, 5) is 22.8. The Balaban J connectivity index is 2.05. The standard InChI is InChI=1S/C11H14F3NO2S/c12-11(13,14)10(17)15-6-5-18-8-4-2-1-3-7(16)9(6)8/h6,8-9H,1-5H2,(H,15,17)/t6-,8?,9?/m0/s1. The molecule has 0 radical (unpaired) electrons. The molecule has 1 saturated carbocycles. The van der Waals surface area contributed by atoms with E-state index in [2.05, 4.69) is 0 Å². The van der Waals surface area contributed by atoms with Crippen LogP contribution in [0.15, 0.2) is 0 Å². The number of hydrogen-bond donors (Lipinski definition) is 1. The fraction of sp³-hybridized carbons (Fsp3) is 0.818. The number of alkyl halides is 3. The molecule has 2 aliphatic rings. The predicted octanol–water partition coefficient (Wildman–Crippen LogP) is 1.91. The Morgan fingerprint density at radius 1 is 1.33 bits per heavy atom. The van der Waals surface area contributed by atoms with Gasteiger partial charge in [-0.1, -0.05) is 6.42 Å². The number of Topliss-reactive ketones (excluding diaryl/α,β-unsaturated/α-hetero) is 1. The minimum absolute atomic E-state index is 0.00465. The van der Waals surface area contributed by atoms with E-state index >= 15 is 0 Å². The van der Waals surface area contributed by atoms with Crippen molar-refractivity contribution in [1.29, 1.82) is 0 Å². The van der Waals surface area contributed by atoms with Gasteiger partial charge in [-0.15, -0.1) is 0 Å². The molecule has 0 spiro atoms. The van der Waals surface area contributed by atoms with Crippen LogP contribution >= 0.6 is 11.8 Å². The molecule has 1 N–H and O–H groups in total. The number of halogens is 3. The van der Waals surface area contributed by atoms with Crippen LogP contribution in [0.2, 0.25) is 0 Å². The lowest BCUT2D eigenvalue weighted by Gasteiger charge is -2.22. The van der Waals surface area contributed by atoms with E-state index in [0.717, 1.165) is 19.3 Å². The van der Waals surface area contributed by atoms with Crippen LogP contribution in [0.5, 0.6) is 0 Å². The van der Waals surface area contributed by atoms with Gasteiger partial charge in [-0.3, -0.25) is 9.59 Å². The van der Waals surface area contributed by atoms with E-state index in [1.54, 1.807) is 0 Å². The molecule has 0 bridgehead atoms. The van der Waals surface area contributed by atoms with Crippen LogP contribution in [0.4, 0.5) is 13.2 Å². The summed E-state index contributed by atoms with van der Waals surface area (Å²) in [5.74, 6) is -1.99. The summed E-state index contributed by atoms with van der Waals surface area (Å²) in [6.07, 6.45) is -1.89. The molecule has 2 fully saturated rings. The van der Waals surface area contributed by atoms with E-state index in [1.165, 1.54) is 11.8 Å². The van der Waals surface area contributed by atoms with Crippen molar-refractivity contribution < 1.29 is 22.8 Å². The number of rotatable bonds is 1. The summed E-state index contributed by atoms with van der Waals surface area (Å²) in [6, 6.07) is -0.667. The van der Waals surface area contributed by atoms with Crippen molar-refractivity contribution in [1.82, 2.24) is 5.32 Å². The van der Waals surface area contributed by atoms with E-state index in [0.29, 0.717) is 12.2 Å². The van der Waals surface area contributed by atoms with Gasteiger partial charge in [0.05, 0.1) is 5.92 Å². The first-order valence-electron chi connectivity index (χ1n) is 5.91. The molecule has 0 aromatic carbocycles. The lowest BCUT2D eigenvalue weighted by molar-refractivity contribution is -0.174. The molecule has 3 nitrogen and oxygen atoms in total. The number of amides is 1. The third-order valence-corrected chi connectivity index (χ3v) is 4.94. The molecular weight excluding hydrogens is 267 g/mol. The van der Waals surface area contributed by atoms with Gasteiger partial charge in [0.25, 0.3) is 0 Å². The predicted molar refractivity (Wildman–Crippen MR) is 61.2 cm³/mol. The second-order valence-corrected chi connectivity index (χ2v) is 5.96. The number of hydrogen-bond acceptors (Lipinski definition) is 3. The van der Waals surface area contributed by atoms with Crippen molar-refractivity contribution in [3.63, 3.8) is 0 Å². The van der Waals surface area contributed by atoms with Gasteiger partial charge in [-0.25, -0.2) is 0 Å². The van der Waals surface area contributed by atoms with Crippen LogP contribution in [0.1, 0.15) is 25.7 Å². The first-order valence-corrected chi connectivity index (χ1v) is 6.96. The molecule has 1 heterocycles. The van der Waals surface area contributed by atoms with Crippen LogP contribution in [0.25, 0.3) is 0 Å². The van der Waals surface area contributed by atoms with Gasteiger partial charge >= 0.3 is 12.1 Å². The molecule has 2 rings (SSSR count). The van der Waals surface area contributed by atoms with Crippen LogP contribution in [-0.2, 0) is 9.59 Å². The fourth-order valence-electron chi connectivity index (χ4n) is 2.58. The summed E-state index contributed by atoms with van der Waals surface area (Å²) < 4.78 is 36.6. The van der Waals surface area contributed by atoms with E-state index in [9.17, 15) is 22.8 Å². The molecule has 1 saturated heterocycles. The van der Waals surface area contributed by atoms with E-state index in [4.69, 9.17) is 0 Å². The maximum Gasteiger partial charge on any atom is 0.471 e. The van der Waals surface area contributed by atoms with Crippen molar-refractivity contribution in [2.24, 2.45) is 5.92 Å². The Kier molecular flexibility index (Phi) is 3.89. The SMILES string of the molecule is O=C1CCCCC2SC[C@H](NC(=O)C(F)(F)F)C12. The van der Waals surface area contributed by atoms with Crippen molar-refractivity contribution >= 4 is 23.5 Å². The molecule has 2 unspecified atom stereocenters. The normalized spacial score (nSPS) is 32.8. The Bertz CT molecular complexity index is 359. The highest BCUT2D eigenvalue weighted by Crippen LogP contribution is 2.39. The van der Waals surface area contributed by atoms with Gasteiger partial charge in [0.15, 0.2) is 0 Å². The second kappa shape index (κ2) is 5.11. The van der Waals surface area contributed by atoms with Crippen LogP contribution in [0, 0.1) is 5.92 Å². The van der Waals surface area contributed by atoms with E-state index in [1.807, 2.05) is 5.32 Å². The highest BCUT2D eigenvalue weighted by atomic mass is 32.2. The van der Waals surface area contributed by atoms with Crippen molar-refractivity contribution in [2.75, 3.05) is 5.75 Å². The molecule has 1 amide bonds. The summed E-state index contributed by atoms with van der Waals surface area (Å²) in [5, 5.41) is 2.04. The monoisotopic (exact) mass is 281 g/mol. The number of thioether (sulfide) groups is 1. The number of carbonyl (C=O) groups excluding carboxylic acids is 2.